The van der Waals surface area contributed by atoms with Crippen LogP contribution in [0.4, 0.5) is 14.6 Å². The third kappa shape index (κ3) is 2.29. The lowest BCUT2D eigenvalue weighted by atomic mass is 9.82. The van der Waals surface area contributed by atoms with Crippen molar-refractivity contribution in [1.29, 1.82) is 0 Å². The SMILES string of the molecule is NCC(=O)N1CCCC12CN(c1ncnc3[nH]ccc13)CCC2(F)F. The molecule has 2 fully saturated rings. The molecule has 1 amide bonds. The molecule has 2 aliphatic heterocycles. The number of anilines is 1. The second kappa shape index (κ2) is 5.62. The van der Waals surface area contributed by atoms with Crippen molar-refractivity contribution in [3.63, 3.8) is 0 Å². The highest BCUT2D eigenvalue weighted by Crippen LogP contribution is 2.48. The number of hydrogen-bond donors (Lipinski definition) is 2. The Morgan fingerprint density at radius 3 is 2.96 bits per heavy atom. The van der Waals surface area contributed by atoms with E-state index in [1.807, 2.05) is 11.0 Å². The highest BCUT2D eigenvalue weighted by atomic mass is 19.3. The molecule has 0 saturated carbocycles. The first-order valence-electron chi connectivity index (χ1n) is 8.40. The van der Waals surface area contributed by atoms with Gasteiger partial charge < -0.3 is 20.5 Å². The van der Waals surface area contributed by atoms with Crippen molar-refractivity contribution in [2.75, 3.05) is 31.1 Å². The van der Waals surface area contributed by atoms with Gasteiger partial charge in [-0.3, -0.25) is 4.79 Å². The van der Waals surface area contributed by atoms with Crippen LogP contribution in [0.25, 0.3) is 11.0 Å². The van der Waals surface area contributed by atoms with Gasteiger partial charge in [0.1, 0.15) is 23.3 Å². The van der Waals surface area contributed by atoms with E-state index in [0.29, 0.717) is 24.4 Å². The van der Waals surface area contributed by atoms with Crippen LogP contribution < -0.4 is 10.6 Å². The maximum atomic E-state index is 15.0. The topological polar surface area (TPSA) is 91.1 Å². The number of nitrogens with zero attached hydrogens (tertiary/aromatic N) is 4. The van der Waals surface area contributed by atoms with Crippen LogP contribution in [0.15, 0.2) is 18.6 Å². The summed E-state index contributed by atoms with van der Waals surface area (Å²) in [7, 11) is 0. The molecule has 4 rings (SSSR count). The van der Waals surface area contributed by atoms with Gasteiger partial charge in [-0.05, 0) is 18.9 Å². The summed E-state index contributed by atoms with van der Waals surface area (Å²) in [5, 5.41) is 0.789. The molecular formula is C16H20F2N6O. The first-order valence-corrected chi connectivity index (χ1v) is 8.40. The summed E-state index contributed by atoms with van der Waals surface area (Å²) < 4.78 is 29.9. The molecule has 0 bridgehead atoms. The van der Waals surface area contributed by atoms with Crippen molar-refractivity contribution in [1.82, 2.24) is 19.9 Å². The number of halogens is 2. The molecule has 1 unspecified atom stereocenters. The van der Waals surface area contributed by atoms with Gasteiger partial charge in [0.05, 0.1) is 11.9 Å². The quantitative estimate of drug-likeness (QED) is 0.847. The minimum atomic E-state index is -2.95. The van der Waals surface area contributed by atoms with Crippen LogP contribution in [0.2, 0.25) is 0 Å². The van der Waals surface area contributed by atoms with Crippen molar-refractivity contribution in [3.8, 4) is 0 Å². The Hall–Kier alpha value is -2.29. The fourth-order valence-corrected chi connectivity index (χ4v) is 4.21. The highest BCUT2D eigenvalue weighted by Gasteiger charge is 2.62. The van der Waals surface area contributed by atoms with Crippen molar-refractivity contribution in [2.24, 2.45) is 5.73 Å². The van der Waals surface area contributed by atoms with E-state index in [0.717, 1.165) is 5.39 Å². The maximum Gasteiger partial charge on any atom is 0.274 e. The number of likely N-dealkylation sites (tertiary alicyclic amines) is 1. The number of nitrogens with one attached hydrogen (secondary N) is 1. The van der Waals surface area contributed by atoms with Crippen LogP contribution in [0, 0.1) is 0 Å². The van der Waals surface area contributed by atoms with Crippen LogP contribution in [-0.4, -0.2) is 63.4 Å². The first-order chi connectivity index (χ1) is 12.0. The predicted octanol–water partition coefficient (Wildman–Crippen LogP) is 1.12. The molecule has 2 aromatic rings. The van der Waals surface area contributed by atoms with E-state index in [1.54, 1.807) is 6.20 Å². The van der Waals surface area contributed by atoms with Gasteiger partial charge in [0.25, 0.3) is 5.92 Å². The summed E-state index contributed by atoms with van der Waals surface area (Å²) in [5.74, 6) is -2.75. The number of hydrogen-bond acceptors (Lipinski definition) is 5. The normalized spacial score (nSPS) is 25.9. The molecule has 3 N–H and O–H groups in total. The van der Waals surface area contributed by atoms with E-state index in [9.17, 15) is 13.6 Å². The number of aromatic nitrogens is 3. The number of aromatic amines is 1. The summed E-state index contributed by atoms with van der Waals surface area (Å²) >= 11 is 0. The van der Waals surface area contributed by atoms with Gasteiger partial charge in [0.2, 0.25) is 5.91 Å². The number of carbonyl (C=O) groups excluding carboxylic acids is 1. The summed E-state index contributed by atoms with van der Waals surface area (Å²) in [6.07, 6.45) is 3.67. The number of fused-ring (bicyclic) bond motifs is 1. The van der Waals surface area contributed by atoms with Crippen molar-refractivity contribution < 1.29 is 13.6 Å². The van der Waals surface area contributed by atoms with Crippen LogP contribution >= 0.6 is 0 Å². The van der Waals surface area contributed by atoms with E-state index >= 15 is 0 Å². The largest absolute Gasteiger partial charge is 0.353 e. The van der Waals surface area contributed by atoms with Crippen molar-refractivity contribution in [2.45, 2.75) is 30.7 Å². The Morgan fingerprint density at radius 2 is 2.16 bits per heavy atom. The molecule has 25 heavy (non-hydrogen) atoms. The number of alkyl halides is 2. The van der Waals surface area contributed by atoms with E-state index in [-0.39, 0.29) is 32.5 Å². The second-order valence-electron chi connectivity index (χ2n) is 6.70. The van der Waals surface area contributed by atoms with E-state index in [1.165, 1.54) is 11.2 Å². The number of carbonyl (C=O) groups is 1. The average molecular weight is 350 g/mol. The Kier molecular flexibility index (Phi) is 3.64. The van der Waals surface area contributed by atoms with Gasteiger partial charge in [0, 0.05) is 32.3 Å². The molecule has 1 spiro atoms. The molecular weight excluding hydrogens is 330 g/mol. The van der Waals surface area contributed by atoms with Crippen LogP contribution in [-0.2, 0) is 4.79 Å². The number of rotatable bonds is 2. The number of amides is 1. The minimum Gasteiger partial charge on any atom is -0.353 e. The van der Waals surface area contributed by atoms with Crippen molar-refractivity contribution >= 4 is 22.8 Å². The van der Waals surface area contributed by atoms with Crippen LogP contribution in [0.3, 0.4) is 0 Å². The second-order valence-corrected chi connectivity index (χ2v) is 6.70. The molecule has 1 atom stereocenters. The third-order valence-electron chi connectivity index (χ3n) is 5.43. The lowest BCUT2D eigenvalue weighted by Gasteiger charge is -2.50. The average Bonchev–Trinajstić information content (AvgIpc) is 3.24. The first kappa shape index (κ1) is 16.2. The summed E-state index contributed by atoms with van der Waals surface area (Å²) in [6.45, 7) is 0.288. The zero-order chi connectivity index (χ0) is 17.7. The third-order valence-corrected chi connectivity index (χ3v) is 5.43. The molecule has 2 aromatic heterocycles. The Morgan fingerprint density at radius 1 is 1.32 bits per heavy atom. The van der Waals surface area contributed by atoms with Gasteiger partial charge in [-0.2, -0.15) is 0 Å². The van der Waals surface area contributed by atoms with Gasteiger partial charge in [-0.1, -0.05) is 0 Å². The van der Waals surface area contributed by atoms with E-state index in [4.69, 9.17) is 5.73 Å². The fraction of sp³-hybridized carbons (Fsp3) is 0.562. The van der Waals surface area contributed by atoms with Crippen LogP contribution in [0.1, 0.15) is 19.3 Å². The maximum absolute atomic E-state index is 15.0. The van der Waals surface area contributed by atoms with Gasteiger partial charge in [0.15, 0.2) is 0 Å². The Bertz CT molecular complexity index is 809. The zero-order valence-corrected chi connectivity index (χ0v) is 13.7. The molecule has 4 heterocycles. The molecule has 9 heteroatoms. The summed E-state index contributed by atoms with van der Waals surface area (Å²) in [5.41, 5.74) is 4.61. The van der Waals surface area contributed by atoms with Crippen molar-refractivity contribution in [3.05, 3.63) is 18.6 Å². The monoisotopic (exact) mass is 350 g/mol. The predicted molar refractivity (Wildman–Crippen MR) is 88.4 cm³/mol. The lowest BCUT2D eigenvalue weighted by Crippen LogP contribution is -2.68. The molecule has 7 nitrogen and oxygen atoms in total. The molecule has 2 saturated heterocycles. The highest BCUT2D eigenvalue weighted by molar-refractivity contribution is 5.87. The lowest BCUT2D eigenvalue weighted by molar-refractivity contribution is -0.164. The number of piperidine rings is 1. The summed E-state index contributed by atoms with van der Waals surface area (Å²) in [6, 6.07) is 1.83. The number of H-pyrrole nitrogens is 1. The van der Waals surface area contributed by atoms with Crippen LogP contribution in [0.5, 0.6) is 0 Å². The zero-order valence-electron chi connectivity index (χ0n) is 13.7. The van der Waals surface area contributed by atoms with Gasteiger partial charge in [-0.25, -0.2) is 18.7 Å². The smallest absolute Gasteiger partial charge is 0.274 e. The van der Waals surface area contributed by atoms with Gasteiger partial charge >= 0.3 is 0 Å². The van der Waals surface area contributed by atoms with E-state index in [2.05, 4.69) is 15.0 Å². The Balaban J connectivity index is 1.74. The molecule has 0 radical (unpaired) electrons. The molecule has 134 valence electrons. The number of nitrogens with two attached hydrogens (primary N) is 1. The summed E-state index contributed by atoms with van der Waals surface area (Å²) in [4.78, 5) is 26.8. The molecule has 0 aliphatic carbocycles. The standard InChI is InChI=1S/C16H20F2N6O/c17-16(18)4-7-23(14-11-2-5-20-13(11)21-10-22-14)9-15(16)3-1-6-24(15)12(25)8-19/h2,5,10H,1,3-4,6-9,19H2,(H,20,21,22). The molecule has 2 aliphatic rings. The minimum absolute atomic E-state index is 0.0447. The van der Waals surface area contributed by atoms with Gasteiger partial charge in [-0.15, -0.1) is 0 Å². The molecule has 0 aromatic carbocycles. The van der Waals surface area contributed by atoms with E-state index < -0.39 is 17.4 Å². The Labute approximate surface area is 143 Å². The fourth-order valence-electron chi connectivity index (χ4n) is 4.21.